The van der Waals surface area contributed by atoms with Crippen molar-refractivity contribution in [1.82, 2.24) is 10.2 Å². The first-order chi connectivity index (χ1) is 11.4. The molecule has 24 heavy (non-hydrogen) atoms. The summed E-state index contributed by atoms with van der Waals surface area (Å²) in [4.78, 5) is 38.1. The van der Waals surface area contributed by atoms with Crippen molar-refractivity contribution >= 4 is 51.2 Å². The van der Waals surface area contributed by atoms with Gasteiger partial charge < -0.3 is 0 Å². The van der Waals surface area contributed by atoms with E-state index in [4.69, 9.17) is 0 Å². The summed E-state index contributed by atoms with van der Waals surface area (Å²) in [7, 11) is 0. The van der Waals surface area contributed by atoms with E-state index in [-0.39, 0.29) is 12.1 Å². The van der Waals surface area contributed by atoms with E-state index >= 15 is 0 Å². The third-order valence-electron chi connectivity index (χ3n) is 3.32. The summed E-state index contributed by atoms with van der Waals surface area (Å²) in [6, 6.07) is 8.20. The summed E-state index contributed by atoms with van der Waals surface area (Å²) in [6.07, 6.45) is 1.44. The van der Waals surface area contributed by atoms with Crippen molar-refractivity contribution in [3.05, 3.63) is 62.0 Å². The Labute approximate surface area is 148 Å². The molecule has 1 aliphatic heterocycles. The van der Waals surface area contributed by atoms with Crippen LogP contribution < -0.4 is 5.32 Å². The van der Waals surface area contributed by atoms with Crippen molar-refractivity contribution in [3.63, 3.8) is 0 Å². The van der Waals surface area contributed by atoms with Gasteiger partial charge >= 0.3 is 6.03 Å². The first kappa shape index (κ1) is 16.5. The molecule has 4 amide bonds. The number of hydrogen-bond acceptors (Lipinski definition) is 4. The second-order valence-corrected chi connectivity index (χ2v) is 7.47. The lowest BCUT2D eigenvalue weighted by Crippen LogP contribution is -2.53. The average molecular weight is 409 g/mol. The van der Waals surface area contributed by atoms with Crippen LogP contribution in [0.2, 0.25) is 0 Å². The number of imide groups is 2. The molecule has 0 saturated carbocycles. The van der Waals surface area contributed by atoms with E-state index in [1.54, 1.807) is 12.1 Å². The lowest BCUT2D eigenvalue weighted by atomic mass is 10.1. The lowest BCUT2D eigenvalue weighted by Gasteiger charge is -2.26. The zero-order chi connectivity index (χ0) is 17.3. The van der Waals surface area contributed by atoms with Crippen LogP contribution in [0, 0.1) is 5.82 Å². The molecular formula is C16H10BrFN2O3S. The number of rotatable bonds is 3. The Balaban J connectivity index is 1.88. The number of nitrogens with one attached hydrogen (secondary N) is 1. The number of halogens is 2. The highest BCUT2D eigenvalue weighted by Crippen LogP contribution is 2.25. The number of amides is 4. The summed E-state index contributed by atoms with van der Waals surface area (Å²) in [5.41, 5.74) is 0.457. The van der Waals surface area contributed by atoms with Gasteiger partial charge in [-0.25, -0.2) is 9.18 Å². The summed E-state index contributed by atoms with van der Waals surface area (Å²) in [5.74, 6) is -1.82. The minimum atomic E-state index is -0.793. The Bertz CT molecular complexity index is 860. The number of urea groups is 1. The fourth-order valence-electron chi connectivity index (χ4n) is 2.16. The van der Waals surface area contributed by atoms with E-state index in [0.717, 1.165) is 8.69 Å². The van der Waals surface area contributed by atoms with E-state index in [0.29, 0.717) is 10.4 Å². The van der Waals surface area contributed by atoms with Crippen LogP contribution in [-0.2, 0) is 16.1 Å². The average Bonchev–Trinajstić information content (AvgIpc) is 2.95. The molecule has 2 aromatic rings. The van der Waals surface area contributed by atoms with Crippen LogP contribution >= 0.6 is 27.3 Å². The van der Waals surface area contributed by atoms with E-state index in [2.05, 4.69) is 21.2 Å². The topological polar surface area (TPSA) is 66.5 Å². The van der Waals surface area contributed by atoms with Gasteiger partial charge in [0, 0.05) is 4.88 Å². The molecule has 0 bridgehead atoms. The molecule has 1 fully saturated rings. The Kier molecular flexibility index (Phi) is 4.59. The summed E-state index contributed by atoms with van der Waals surface area (Å²) < 4.78 is 13.8. The van der Waals surface area contributed by atoms with Crippen molar-refractivity contribution in [2.24, 2.45) is 0 Å². The molecule has 1 saturated heterocycles. The quantitative estimate of drug-likeness (QED) is 0.625. The van der Waals surface area contributed by atoms with Crippen molar-refractivity contribution in [3.8, 4) is 0 Å². The minimum absolute atomic E-state index is 0.0519. The van der Waals surface area contributed by atoms with Gasteiger partial charge in [0.1, 0.15) is 11.4 Å². The van der Waals surface area contributed by atoms with Gasteiger partial charge in [-0.2, -0.15) is 0 Å². The van der Waals surface area contributed by atoms with Gasteiger partial charge in [0.25, 0.3) is 11.8 Å². The Morgan fingerprint density at radius 3 is 2.46 bits per heavy atom. The second kappa shape index (κ2) is 6.66. The molecule has 2 heterocycles. The van der Waals surface area contributed by atoms with E-state index in [1.807, 2.05) is 0 Å². The summed E-state index contributed by atoms with van der Waals surface area (Å²) >= 11 is 4.66. The van der Waals surface area contributed by atoms with Crippen molar-refractivity contribution in [1.29, 1.82) is 0 Å². The standard InChI is InChI=1S/C16H10BrFN2O3S/c17-13-6-5-11(24-13)7-12-14(21)19-16(23)20(15(12)22)8-9-1-3-10(18)4-2-9/h1-7H,8H2,(H,19,21,23)/b12-7-. The number of barbiturate groups is 1. The van der Waals surface area contributed by atoms with Gasteiger partial charge in [-0.3, -0.25) is 19.8 Å². The second-order valence-electron chi connectivity index (χ2n) is 4.98. The van der Waals surface area contributed by atoms with Crippen molar-refractivity contribution in [2.45, 2.75) is 6.54 Å². The molecule has 0 radical (unpaired) electrons. The summed E-state index contributed by atoms with van der Waals surface area (Å²) in [5, 5.41) is 2.15. The highest BCUT2D eigenvalue weighted by molar-refractivity contribution is 9.11. The van der Waals surface area contributed by atoms with Crippen molar-refractivity contribution < 1.29 is 18.8 Å². The Morgan fingerprint density at radius 2 is 1.83 bits per heavy atom. The normalized spacial score (nSPS) is 16.7. The maximum Gasteiger partial charge on any atom is 0.331 e. The molecular weight excluding hydrogens is 399 g/mol. The molecule has 1 aliphatic rings. The molecule has 5 nitrogen and oxygen atoms in total. The van der Waals surface area contributed by atoms with Gasteiger partial charge in [-0.15, -0.1) is 11.3 Å². The van der Waals surface area contributed by atoms with E-state index < -0.39 is 23.7 Å². The van der Waals surface area contributed by atoms with Gasteiger partial charge in [-0.05, 0) is 51.8 Å². The monoisotopic (exact) mass is 408 g/mol. The molecule has 1 aromatic carbocycles. The van der Waals surface area contributed by atoms with Crippen LogP contribution in [0.4, 0.5) is 9.18 Å². The molecule has 3 rings (SSSR count). The van der Waals surface area contributed by atoms with Crippen LogP contribution in [0.1, 0.15) is 10.4 Å². The Morgan fingerprint density at radius 1 is 1.12 bits per heavy atom. The highest BCUT2D eigenvalue weighted by atomic mass is 79.9. The molecule has 0 spiro atoms. The number of benzene rings is 1. The van der Waals surface area contributed by atoms with Gasteiger partial charge in [0.15, 0.2) is 0 Å². The number of hydrogen-bond donors (Lipinski definition) is 1. The zero-order valence-electron chi connectivity index (χ0n) is 12.1. The number of thiophene rings is 1. The van der Waals surface area contributed by atoms with Gasteiger partial charge in [-0.1, -0.05) is 12.1 Å². The molecule has 0 atom stereocenters. The minimum Gasteiger partial charge on any atom is -0.273 e. The molecule has 1 N–H and O–H groups in total. The number of carbonyl (C=O) groups is 3. The predicted octanol–water partition coefficient (Wildman–Crippen LogP) is 3.31. The third kappa shape index (κ3) is 3.44. The number of nitrogens with zero attached hydrogens (tertiary/aromatic N) is 1. The molecule has 122 valence electrons. The van der Waals surface area contributed by atoms with E-state index in [9.17, 15) is 18.8 Å². The Hall–Kier alpha value is -2.32. The van der Waals surface area contributed by atoms with E-state index in [1.165, 1.54) is 41.7 Å². The van der Waals surface area contributed by atoms with Crippen LogP contribution in [0.3, 0.4) is 0 Å². The molecule has 0 aliphatic carbocycles. The molecule has 0 unspecified atom stereocenters. The zero-order valence-corrected chi connectivity index (χ0v) is 14.5. The third-order valence-corrected chi connectivity index (χ3v) is 4.89. The smallest absolute Gasteiger partial charge is 0.273 e. The van der Waals surface area contributed by atoms with Gasteiger partial charge in [0.2, 0.25) is 0 Å². The molecule has 8 heteroatoms. The van der Waals surface area contributed by atoms with Gasteiger partial charge in [0.05, 0.1) is 10.3 Å². The summed E-state index contributed by atoms with van der Waals surface area (Å²) in [6.45, 7) is -0.0519. The highest BCUT2D eigenvalue weighted by Gasteiger charge is 2.35. The van der Waals surface area contributed by atoms with Crippen LogP contribution in [0.5, 0.6) is 0 Å². The fraction of sp³-hybridized carbons (Fsp3) is 0.0625. The number of carbonyl (C=O) groups excluding carboxylic acids is 3. The van der Waals surface area contributed by atoms with Crippen LogP contribution in [0.15, 0.2) is 45.8 Å². The molecule has 1 aromatic heterocycles. The predicted molar refractivity (Wildman–Crippen MR) is 90.5 cm³/mol. The fourth-order valence-corrected chi connectivity index (χ4v) is 3.53. The SMILES string of the molecule is O=C1NC(=O)N(Cc2ccc(F)cc2)C(=O)/C1=C\c1ccc(Br)s1. The first-order valence-electron chi connectivity index (χ1n) is 6.82. The lowest BCUT2D eigenvalue weighted by molar-refractivity contribution is -0.130. The largest absolute Gasteiger partial charge is 0.331 e. The maximum absolute atomic E-state index is 13.0. The van der Waals surface area contributed by atoms with Crippen molar-refractivity contribution in [2.75, 3.05) is 0 Å². The maximum atomic E-state index is 13.0. The van der Waals surface area contributed by atoms with Crippen LogP contribution in [-0.4, -0.2) is 22.7 Å². The van der Waals surface area contributed by atoms with Crippen LogP contribution in [0.25, 0.3) is 6.08 Å². The first-order valence-corrected chi connectivity index (χ1v) is 8.43.